The SMILES string of the molecule is COCC(C)NC(N)=NCc1ccc(C)cc1OCCC(C)C.I. The molecule has 5 nitrogen and oxygen atoms in total. The average Bonchev–Trinajstić information content (AvgIpc) is 2.46. The number of hydrogen-bond donors (Lipinski definition) is 2. The Morgan fingerprint density at radius 2 is 2.00 bits per heavy atom. The first-order valence-corrected chi connectivity index (χ1v) is 8.20. The van der Waals surface area contributed by atoms with Crippen LogP contribution in [0.4, 0.5) is 0 Å². The van der Waals surface area contributed by atoms with Gasteiger partial charge in [0.25, 0.3) is 0 Å². The van der Waals surface area contributed by atoms with Crippen molar-refractivity contribution >= 4 is 29.9 Å². The molecule has 0 saturated carbocycles. The molecule has 1 aromatic carbocycles. The first-order chi connectivity index (χ1) is 10.9. The van der Waals surface area contributed by atoms with E-state index in [9.17, 15) is 0 Å². The van der Waals surface area contributed by atoms with Gasteiger partial charge < -0.3 is 20.5 Å². The Labute approximate surface area is 163 Å². The van der Waals surface area contributed by atoms with Crippen LogP contribution in [0.2, 0.25) is 0 Å². The largest absolute Gasteiger partial charge is 0.493 e. The van der Waals surface area contributed by atoms with Crippen molar-refractivity contribution < 1.29 is 9.47 Å². The highest BCUT2D eigenvalue weighted by Crippen LogP contribution is 2.22. The fourth-order valence-electron chi connectivity index (χ4n) is 2.09. The molecule has 1 aromatic rings. The summed E-state index contributed by atoms with van der Waals surface area (Å²) in [5.41, 5.74) is 8.14. The second-order valence-electron chi connectivity index (χ2n) is 6.34. The minimum absolute atomic E-state index is 0. The van der Waals surface area contributed by atoms with Gasteiger partial charge in [0.2, 0.25) is 0 Å². The van der Waals surface area contributed by atoms with Gasteiger partial charge in [0.15, 0.2) is 5.96 Å². The summed E-state index contributed by atoms with van der Waals surface area (Å²) in [6.07, 6.45) is 1.04. The van der Waals surface area contributed by atoms with Crippen LogP contribution in [-0.4, -0.2) is 32.3 Å². The van der Waals surface area contributed by atoms with Crippen LogP contribution in [-0.2, 0) is 11.3 Å². The molecule has 138 valence electrons. The standard InChI is InChI=1S/C18H31N3O2.HI/c1-13(2)8-9-23-17-10-14(3)6-7-16(17)11-20-18(19)21-15(4)12-22-5;/h6-7,10,13,15H,8-9,11-12H2,1-5H3,(H3,19,20,21);1H. The van der Waals surface area contributed by atoms with Crippen LogP contribution in [0, 0.1) is 12.8 Å². The molecular weight excluding hydrogens is 417 g/mol. The van der Waals surface area contributed by atoms with Crippen molar-refractivity contribution in [2.24, 2.45) is 16.6 Å². The number of ether oxygens (including phenoxy) is 2. The number of methoxy groups -OCH3 is 1. The lowest BCUT2D eigenvalue weighted by Gasteiger charge is -2.14. The number of halogens is 1. The van der Waals surface area contributed by atoms with Gasteiger partial charge in [0.1, 0.15) is 5.75 Å². The number of nitrogens with zero attached hydrogens (tertiary/aromatic N) is 1. The van der Waals surface area contributed by atoms with Crippen LogP contribution in [0.1, 0.15) is 38.3 Å². The van der Waals surface area contributed by atoms with E-state index in [4.69, 9.17) is 15.2 Å². The van der Waals surface area contributed by atoms with Crippen molar-refractivity contribution in [3.8, 4) is 5.75 Å². The molecule has 1 unspecified atom stereocenters. The van der Waals surface area contributed by atoms with Gasteiger partial charge in [-0.2, -0.15) is 0 Å². The van der Waals surface area contributed by atoms with Crippen molar-refractivity contribution in [2.75, 3.05) is 20.3 Å². The highest BCUT2D eigenvalue weighted by Gasteiger charge is 2.06. The third-order valence-corrected chi connectivity index (χ3v) is 3.41. The summed E-state index contributed by atoms with van der Waals surface area (Å²) in [5, 5.41) is 3.10. The fraction of sp³-hybridized carbons (Fsp3) is 0.611. The van der Waals surface area contributed by atoms with Crippen molar-refractivity contribution in [3.63, 3.8) is 0 Å². The molecule has 3 N–H and O–H groups in total. The molecule has 1 atom stereocenters. The Balaban J connectivity index is 0.00000529. The van der Waals surface area contributed by atoms with Gasteiger partial charge in [-0.25, -0.2) is 4.99 Å². The van der Waals surface area contributed by atoms with E-state index in [1.54, 1.807) is 7.11 Å². The molecule has 0 bridgehead atoms. The number of benzene rings is 1. The van der Waals surface area contributed by atoms with Gasteiger partial charge in [-0.1, -0.05) is 26.0 Å². The minimum Gasteiger partial charge on any atom is -0.493 e. The highest BCUT2D eigenvalue weighted by molar-refractivity contribution is 14.0. The van der Waals surface area contributed by atoms with Gasteiger partial charge in [-0.05, 0) is 37.8 Å². The molecule has 1 rings (SSSR count). The maximum absolute atomic E-state index is 5.93. The van der Waals surface area contributed by atoms with E-state index >= 15 is 0 Å². The summed E-state index contributed by atoms with van der Waals surface area (Å²) >= 11 is 0. The van der Waals surface area contributed by atoms with Crippen LogP contribution < -0.4 is 15.8 Å². The summed E-state index contributed by atoms with van der Waals surface area (Å²) in [4.78, 5) is 4.40. The van der Waals surface area contributed by atoms with E-state index in [0.717, 1.165) is 24.3 Å². The molecule has 0 amide bonds. The van der Waals surface area contributed by atoms with Gasteiger partial charge in [0.05, 0.1) is 19.8 Å². The maximum Gasteiger partial charge on any atom is 0.189 e. The second-order valence-corrected chi connectivity index (χ2v) is 6.34. The van der Waals surface area contributed by atoms with Crippen LogP contribution in [0.25, 0.3) is 0 Å². The summed E-state index contributed by atoms with van der Waals surface area (Å²) in [6.45, 7) is 10.2. The van der Waals surface area contributed by atoms with E-state index in [1.807, 2.05) is 6.92 Å². The van der Waals surface area contributed by atoms with Crippen LogP contribution in [0.15, 0.2) is 23.2 Å². The van der Waals surface area contributed by atoms with Crippen LogP contribution >= 0.6 is 24.0 Å². The number of rotatable bonds is 9. The van der Waals surface area contributed by atoms with Crippen LogP contribution in [0.5, 0.6) is 5.75 Å². The van der Waals surface area contributed by atoms with Crippen molar-refractivity contribution in [3.05, 3.63) is 29.3 Å². The topological polar surface area (TPSA) is 68.9 Å². The summed E-state index contributed by atoms with van der Waals surface area (Å²) in [6, 6.07) is 6.30. The number of aryl methyl sites for hydroxylation is 1. The molecule has 24 heavy (non-hydrogen) atoms. The monoisotopic (exact) mass is 449 g/mol. The first kappa shape index (κ1) is 23.0. The smallest absolute Gasteiger partial charge is 0.189 e. The molecule has 0 saturated heterocycles. The van der Waals surface area contributed by atoms with Crippen LogP contribution in [0.3, 0.4) is 0 Å². The Hall–Kier alpha value is -1.02. The summed E-state index contributed by atoms with van der Waals surface area (Å²) in [5.74, 6) is 1.94. The van der Waals surface area contributed by atoms with Gasteiger partial charge >= 0.3 is 0 Å². The Morgan fingerprint density at radius 3 is 2.62 bits per heavy atom. The zero-order valence-electron chi connectivity index (χ0n) is 15.5. The number of aliphatic imine (C=N–C) groups is 1. The van der Waals surface area contributed by atoms with Crippen molar-refractivity contribution in [1.82, 2.24) is 5.32 Å². The predicted octanol–water partition coefficient (Wildman–Crippen LogP) is 3.48. The van der Waals surface area contributed by atoms with E-state index in [1.165, 1.54) is 5.56 Å². The van der Waals surface area contributed by atoms with E-state index in [2.05, 4.69) is 49.3 Å². The van der Waals surface area contributed by atoms with Crippen molar-refractivity contribution in [1.29, 1.82) is 0 Å². The lowest BCUT2D eigenvalue weighted by molar-refractivity contribution is 0.179. The lowest BCUT2D eigenvalue weighted by atomic mass is 10.1. The highest BCUT2D eigenvalue weighted by atomic mass is 127. The zero-order valence-corrected chi connectivity index (χ0v) is 17.8. The summed E-state index contributed by atoms with van der Waals surface area (Å²) < 4.78 is 11.0. The number of nitrogens with one attached hydrogen (secondary N) is 1. The normalized spacial score (nSPS) is 12.7. The van der Waals surface area contributed by atoms with Gasteiger partial charge in [-0.15, -0.1) is 24.0 Å². The molecular formula is C18H32IN3O2. The Bertz CT molecular complexity index is 507. The Kier molecular flexibility index (Phi) is 11.8. The number of guanidine groups is 1. The predicted molar refractivity (Wildman–Crippen MR) is 111 cm³/mol. The first-order valence-electron chi connectivity index (χ1n) is 8.20. The molecule has 0 radical (unpaired) electrons. The van der Waals surface area contributed by atoms with E-state index < -0.39 is 0 Å². The summed E-state index contributed by atoms with van der Waals surface area (Å²) in [7, 11) is 1.67. The third-order valence-electron chi connectivity index (χ3n) is 3.41. The molecule has 0 spiro atoms. The molecule has 0 aromatic heterocycles. The molecule has 0 aliphatic carbocycles. The average molecular weight is 449 g/mol. The minimum atomic E-state index is 0. The number of nitrogens with two attached hydrogens (primary N) is 1. The quantitative estimate of drug-likeness (QED) is 0.344. The van der Waals surface area contributed by atoms with Gasteiger partial charge in [0, 0.05) is 18.7 Å². The van der Waals surface area contributed by atoms with Crippen molar-refractivity contribution in [2.45, 2.75) is 46.7 Å². The molecule has 0 fully saturated rings. The lowest BCUT2D eigenvalue weighted by Crippen LogP contribution is -2.40. The number of hydrogen-bond acceptors (Lipinski definition) is 3. The van der Waals surface area contributed by atoms with E-state index in [0.29, 0.717) is 25.0 Å². The zero-order chi connectivity index (χ0) is 17.2. The van der Waals surface area contributed by atoms with Gasteiger partial charge in [-0.3, -0.25) is 0 Å². The second kappa shape index (κ2) is 12.4. The fourth-order valence-corrected chi connectivity index (χ4v) is 2.09. The Morgan fingerprint density at radius 1 is 1.29 bits per heavy atom. The maximum atomic E-state index is 5.93. The molecule has 6 heteroatoms. The molecule has 0 heterocycles. The third kappa shape index (κ3) is 9.32. The molecule has 0 aliphatic rings. The van der Waals surface area contributed by atoms with E-state index in [-0.39, 0.29) is 30.0 Å². The molecule has 0 aliphatic heterocycles.